The molecule has 0 heterocycles. The summed E-state index contributed by atoms with van der Waals surface area (Å²) in [5.74, 6) is 1.14. The van der Waals surface area contributed by atoms with E-state index in [1.165, 1.54) is 40.6 Å². The molecule has 8 heteroatoms. The number of aromatic hydroxyl groups is 4. The molecule has 6 rings (SSSR count). The van der Waals surface area contributed by atoms with Gasteiger partial charge in [-0.15, -0.1) is 0 Å². The van der Waals surface area contributed by atoms with Crippen molar-refractivity contribution in [1.82, 2.24) is 0 Å². The van der Waals surface area contributed by atoms with Gasteiger partial charge in [-0.3, -0.25) is 0 Å². The van der Waals surface area contributed by atoms with Crippen LogP contribution in [0, 0.1) is 0 Å². The summed E-state index contributed by atoms with van der Waals surface area (Å²) < 4.78 is 21.9. The van der Waals surface area contributed by atoms with Crippen molar-refractivity contribution in [3.05, 3.63) is 60.7 Å². The second-order valence-electron chi connectivity index (χ2n) is 9.41. The summed E-state index contributed by atoms with van der Waals surface area (Å²) in [6.45, 7) is 0. The van der Waals surface area contributed by atoms with Crippen LogP contribution < -0.4 is 18.9 Å². The SMILES string of the molecule is COc1cc2ccc3c(-c4c(O)cc(OC)c5c4ccc4cc(OC)c(O)cc45)c(O)cc(OC)c3c2cc1O. The molecule has 0 fully saturated rings. The maximum atomic E-state index is 11.4. The first-order chi connectivity index (χ1) is 19.3. The lowest BCUT2D eigenvalue weighted by Gasteiger charge is -2.20. The zero-order valence-electron chi connectivity index (χ0n) is 22.2. The molecule has 4 N–H and O–H groups in total. The third-order valence-electron chi connectivity index (χ3n) is 7.41. The van der Waals surface area contributed by atoms with Crippen molar-refractivity contribution in [1.29, 1.82) is 0 Å². The van der Waals surface area contributed by atoms with E-state index in [0.717, 1.165) is 10.8 Å². The number of hydrogen-bond donors (Lipinski definition) is 4. The lowest BCUT2D eigenvalue weighted by Crippen LogP contribution is -1.94. The molecule has 0 atom stereocenters. The molecule has 0 spiro atoms. The van der Waals surface area contributed by atoms with E-state index in [1.54, 1.807) is 24.3 Å². The van der Waals surface area contributed by atoms with Crippen LogP contribution in [0.3, 0.4) is 0 Å². The van der Waals surface area contributed by atoms with Gasteiger partial charge in [-0.2, -0.15) is 0 Å². The number of phenolic OH excluding ortho intramolecular Hbond substituents is 4. The second-order valence-corrected chi connectivity index (χ2v) is 9.41. The molecule has 0 amide bonds. The smallest absolute Gasteiger partial charge is 0.161 e. The van der Waals surface area contributed by atoms with Gasteiger partial charge in [0.05, 0.1) is 28.4 Å². The monoisotopic (exact) mass is 538 g/mol. The highest BCUT2D eigenvalue weighted by Crippen LogP contribution is 2.52. The van der Waals surface area contributed by atoms with Gasteiger partial charge in [0.25, 0.3) is 0 Å². The Labute approximate surface area is 228 Å². The molecule has 0 aliphatic rings. The van der Waals surface area contributed by atoms with Gasteiger partial charge >= 0.3 is 0 Å². The lowest BCUT2D eigenvalue weighted by molar-refractivity contribution is 0.374. The van der Waals surface area contributed by atoms with Crippen LogP contribution in [0.1, 0.15) is 0 Å². The van der Waals surface area contributed by atoms with E-state index in [4.69, 9.17) is 18.9 Å². The first-order valence-electron chi connectivity index (χ1n) is 12.4. The van der Waals surface area contributed by atoms with E-state index in [2.05, 4.69) is 0 Å². The predicted octanol–water partition coefficient (Wildman–Crippen LogP) is 6.82. The van der Waals surface area contributed by atoms with E-state index < -0.39 is 0 Å². The van der Waals surface area contributed by atoms with Crippen LogP contribution in [-0.2, 0) is 0 Å². The Morgan fingerprint density at radius 2 is 0.775 bits per heavy atom. The van der Waals surface area contributed by atoms with Crippen molar-refractivity contribution in [2.24, 2.45) is 0 Å². The van der Waals surface area contributed by atoms with Crippen molar-refractivity contribution in [2.75, 3.05) is 28.4 Å². The highest BCUT2D eigenvalue weighted by Gasteiger charge is 2.24. The molecule has 0 saturated carbocycles. The second kappa shape index (κ2) is 9.20. The van der Waals surface area contributed by atoms with Crippen molar-refractivity contribution < 1.29 is 39.4 Å². The first-order valence-corrected chi connectivity index (χ1v) is 12.4. The Balaban J connectivity index is 1.79. The number of methoxy groups -OCH3 is 4. The fourth-order valence-electron chi connectivity index (χ4n) is 5.62. The Hall–Kier alpha value is -5.24. The third-order valence-corrected chi connectivity index (χ3v) is 7.41. The van der Waals surface area contributed by atoms with Gasteiger partial charge in [0.15, 0.2) is 23.0 Å². The predicted molar refractivity (Wildman–Crippen MR) is 155 cm³/mol. The van der Waals surface area contributed by atoms with Gasteiger partial charge in [-0.05, 0) is 56.6 Å². The Morgan fingerprint density at radius 3 is 1.12 bits per heavy atom. The average Bonchev–Trinajstić information content (AvgIpc) is 2.95. The van der Waals surface area contributed by atoms with E-state index in [9.17, 15) is 20.4 Å². The van der Waals surface area contributed by atoms with Gasteiger partial charge in [-0.1, -0.05) is 24.3 Å². The Bertz CT molecular complexity index is 1850. The van der Waals surface area contributed by atoms with Crippen molar-refractivity contribution in [3.8, 4) is 57.1 Å². The molecule has 0 aliphatic heterocycles. The third kappa shape index (κ3) is 3.53. The minimum Gasteiger partial charge on any atom is -0.507 e. The van der Waals surface area contributed by atoms with Crippen molar-refractivity contribution in [3.63, 3.8) is 0 Å². The van der Waals surface area contributed by atoms with Crippen molar-refractivity contribution >= 4 is 43.1 Å². The molecule has 8 nitrogen and oxygen atoms in total. The van der Waals surface area contributed by atoms with Crippen LogP contribution in [0.2, 0.25) is 0 Å². The van der Waals surface area contributed by atoms with Crippen LogP contribution in [0.4, 0.5) is 0 Å². The molecule has 40 heavy (non-hydrogen) atoms. The maximum Gasteiger partial charge on any atom is 0.161 e. The van der Waals surface area contributed by atoms with Crippen LogP contribution in [0.15, 0.2) is 60.7 Å². The summed E-state index contributed by atoms with van der Waals surface area (Å²) >= 11 is 0. The number of benzene rings is 6. The molecule has 202 valence electrons. The number of phenols is 4. The molecule has 0 bridgehead atoms. The van der Waals surface area contributed by atoms with Gasteiger partial charge < -0.3 is 39.4 Å². The Morgan fingerprint density at radius 1 is 0.400 bits per heavy atom. The minimum atomic E-state index is -0.110. The first kappa shape index (κ1) is 25.1. The fourth-order valence-corrected chi connectivity index (χ4v) is 5.62. The van der Waals surface area contributed by atoms with Crippen LogP contribution >= 0.6 is 0 Å². The molecule has 6 aromatic rings. The summed E-state index contributed by atoms with van der Waals surface area (Å²) in [6.07, 6.45) is 0. The summed E-state index contributed by atoms with van der Waals surface area (Å²) in [6, 6.07) is 17.0. The molecular weight excluding hydrogens is 512 g/mol. The van der Waals surface area contributed by atoms with Gasteiger partial charge in [0, 0.05) is 34.0 Å². The topological polar surface area (TPSA) is 118 Å². The van der Waals surface area contributed by atoms with Gasteiger partial charge in [0.2, 0.25) is 0 Å². The molecule has 0 aromatic heterocycles. The van der Waals surface area contributed by atoms with E-state index in [0.29, 0.717) is 66.4 Å². The zero-order chi connectivity index (χ0) is 28.3. The number of fused-ring (bicyclic) bond motifs is 6. The summed E-state index contributed by atoms with van der Waals surface area (Å²) in [7, 11) is 5.97. The van der Waals surface area contributed by atoms with E-state index in [-0.39, 0.29) is 23.0 Å². The van der Waals surface area contributed by atoms with Crippen molar-refractivity contribution in [2.45, 2.75) is 0 Å². The minimum absolute atomic E-state index is 0.0429. The van der Waals surface area contributed by atoms with Crippen LogP contribution in [0.5, 0.6) is 46.0 Å². The van der Waals surface area contributed by atoms with E-state index >= 15 is 0 Å². The van der Waals surface area contributed by atoms with Gasteiger partial charge in [0.1, 0.15) is 23.0 Å². The van der Waals surface area contributed by atoms with E-state index in [1.807, 2.05) is 24.3 Å². The largest absolute Gasteiger partial charge is 0.507 e. The molecule has 0 saturated heterocycles. The Kier molecular flexibility index (Phi) is 5.76. The number of rotatable bonds is 5. The fraction of sp³-hybridized carbons (Fsp3) is 0.125. The molecule has 0 unspecified atom stereocenters. The average molecular weight is 539 g/mol. The summed E-state index contributed by atoms with van der Waals surface area (Å²) in [5.41, 5.74) is 0.741. The maximum absolute atomic E-state index is 11.4. The molecule has 6 aromatic carbocycles. The number of ether oxygens (including phenoxy) is 4. The molecule has 0 aliphatic carbocycles. The van der Waals surface area contributed by atoms with Crippen LogP contribution in [-0.4, -0.2) is 48.9 Å². The molecular formula is C32H26O8. The highest BCUT2D eigenvalue weighted by molar-refractivity contribution is 6.22. The summed E-state index contributed by atoms with van der Waals surface area (Å²) in [4.78, 5) is 0. The molecule has 0 radical (unpaired) electrons. The lowest BCUT2D eigenvalue weighted by atomic mass is 9.88. The quantitative estimate of drug-likeness (QED) is 0.177. The standard InChI is InChI=1S/C32H26O8/c1-37-25-9-15-5-7-17-29(19(15)11-21(25)33)27(39-3)13-23(35)31(17)32-18-8-6-16-10-26(38-2)22(34)12-20(16)30(18)28(40-4)14-24(32)36/h5-14,33-36H,1-4H3. The number of hydrogen-bond acceptors (Lipinski definition) is 8. The van der Waals surface area contributed by atoms with Gasteiger partial charge in [-0.25, -0.2) is 0 Å². The normalized spacial score (nSPS) is 11.4. The zero-order valence-corrected chi connectivity index (χ0v) is 22.2. The highest BCUT2D eigenvalue weighted by atomic mass is 16.5. The van der Waals surface area contributed by atoms with Crippen LogP contribution in [0.25, 0.3) is 54.2 Å². The summed E-state index contributed by atoms with van der Waals surface area (Å²) in [5, 5.41) is 49.3.